The lowest BCUT2D eigenvalue weighted by molar-refractivity contribution is 0.102. The lowest BCUT2D eigenvalue weighted by Crippen LogP contribution is -2.11. The van der Waals surface area contributed by atoms with Crippen molar-refractivity contribution in [2.75, 3.05) is 0 Å². The Morgan fingerprint density at radius 3 is 2.57 bits per heavy atom. The number of hydrogen-bond acceptors (Lipinski definition) is 4. The molecular weight excluding hydrogens is 182 g/mol. The number of carbonyl (C=O) groups is 1. The molecule has 0 saturated carbocycles. The van der Waals surface area contributed by atoms with Gasteiger partial charge in [0.05, 0.1) is 18.7 Å². The van der Waals surface area contributed by atoms with E-state index in [-0.39, 0.29) is 5.78 Å². The Kier molecular flexibility index (Phi) is 1.88. The molecule has 2 heterocycles. The molecule has 0 atom stereocenters. The Hall–Kier alpha value is -1.98. The Bertz CT molecular complexity index is 427. The van der Waals surface area contributed by atoms with Crippen LogP contribution in [0.4, 0.5) is 0 Å². The van der Waals surface area contributed by atoms with E-state index >= 15 is 0 Å². The van der Waals surface area contributed by atoms with Crippen LogP contribution in [0, 0.1) is 0 Å². The van der Waals surface area contributed by atoms with E-state index in [1.807, 2.05) is 0 Å². The van der Waals surface area contributed by atoms with E-state index in [1.54, 1.807) is 25.0 Å². The highest BCUT2D eigenvalue weighted by atomic mass is 16.1. The van der Waals surface area contributed by atoms with E-state index in [9.17, 15) is 4.79 Å². The van der Waals surface area contributed by atoms with Gasteiger partial charge in [-0.25, -0.2) is 9.67 Å². The number of nitrogens with zero attached hydrogens (tertiary/aromatic N) is 5. The first-order valence-electron chi connectivity index (χ1n) is 4.06. The molecule has 2 aromatic rings. The van der Waals surface area contributed by atoms with Crippen molar-refractivity contribution in [1.29, 1.82) is 0 Å². The van der Waals surface area contributed by atoms with Crippen LogP contribution in [-0.4, -0.2) is 30.3 Å². The molecule has 6 heteroatoms. The molecule has 0 aromatic carbocycles. The molecule has 0 unspecified atom stereocenters. The molecule has 0 aliphatic carbocycles. The summed E-state index contributed by atoms with van der Waals surface area (Å²) in [5.41, 5.74) is 0.976. The molecule has 2 rings (SSSR count). The van der Waals surface area contributed by atoms with Crippen LogP contribution in [0.15, 0.2) is 18.7 Å². The van der Waals surface area contributed by atoms with Gasteiger partial charge in [-0.3, -0.25) is 4.79 Å². The van der Waals surface area contributed by atoms with Crippen LogP contribution in [0.1, 0.15) is 16.2 Å². The average Bonchev–Trinajstić information content (AvgIpc) is 2.73. The van der Waals surface area contributed by atoms with Gasteiger partial charge in [-0.05, 0) is 0 Å². The van der Waals surface area contributed by atoms with Gasteiger partial charge in [0, 0.05) is 14.1 Å². The summed E-state index contributed by atoms with van der Waals surface area (Å²) in [5, 5.41) is 7.34. The van der Waals surface area contributed by atoms with Gasteiger partial charge in [-0.2, -0.15) is 0 Å². The molecule has 6 nitrogen and oxygen atoms in total. The first kappa shape index (κ1) is 8.61. The first-order chi connectivity index (χ1) is 6.70. The Balaban J connectivity index is 2.44. The van der Waals surface area contributed by atoms with Crippen molar-refractivity contribution in [1.82, 2.24) is 24.5 Å². The number of ketones is 1. The Labute approximate surface area is 80.2 Å². The number of rotatable bonds is 2. The van der Waals surface area contributed by atoms with Gasteiger partial charge >= 0.3 is 0 Å². The summed E-state index contributed by atoms with van der Waals surface area (Å²) < 4.78 is 3.10. The van der Waals surface area contributed by atoms with Gasteiger partial charge in [0.1, 0.15) is 11.4 Å². The SMILES string of the molecule is Cn1cncc1C(=O)c1cnnn1C. The topological polar surface area (TPSA) is 65.6 Å². The van der Waals surface area contributed by atoms with Crippen LogP contribution in [0.2, 0.25) is 0 Å². The molecule has 0 saturated heterocycles. The molecule has 0 amide bonds. The number of aromatic nitrogens is 5. The quantitative estimate of drug-likeness (QED) is 0.615. The Morgan fingerprint density at radius 2 is 2.07 bits per heavy atom. The zero-order chi connectivity index (χ0) is 10.1. The van der Waals surface area contributed by atoms with Gasteiger partial charge in [-0.15, -0.1) is 5.10 Å². The predicted molar refractivity (Wildman–Crippen MR) is 47.6 cm³/mol. The van der Waals surface area contributed by atoms with Crippen LogP contribution < -0.4 is 0 Å². The van der Waals surface area contributed by atoms with Crippen molar-refractivity contribution >= 4 is 5.78 Å². The fourth-order valence-corrected chi connectivity index (χ4v) is 1.20. The third-order valence-corrected chi connectivity index (χ3v) is 2.00. The summed E-state index contributed by atoms with van der Waals surface area (Å²) in [5.74, 6) is -0.127. The monoisotopic (exact) mass is 191 g/mol. The van der Waals surface area contributed by atoms with Crippen molar-refractivity contribution in [3.8, 4) is 0 Å². The molecule has 14 heavy (non-hydrogen) atoms. The second-order valence-electron chi connectivity index (χ2n) is 2.96. The molecular formula is C8H9N5O. The van der Waals surface area contributed by atoms with Crippen LogP contribution in [-0.2, 0) is 14.1 Å². The van der Waals surface area contributed by atoms with E-state index in [1.165, 1.54) is 17.1 Å². The zero-order valence-corrected chi connectivity index (χ0v) is 7.88. The summed E-state index contributed by atoms with van der Waals surface area (Å²) in [4.78, 5) is 15.7. The van der Waals surface area contributed by atoms with Gasteiger partial charge in [0.2, 0.25) is 5.78 Å². The van der Waals surface area contributed by atoms with E-state index in [2.05, 4.69) is 15.3 Å². The lowest BCUT2D eigenvalue weighted by atomic mass is 10.2. The number of aryl methyl sites for hydroxylation is 2. The van der Waals surface area contributed by atoms with E-state index < -0.39 is 0 Å². The van der Waals surface area contributed by atoms with Crippen molar-refractivity contribution in [3.63, 3.8) is 0 Å². The van der Waals surface area contributed by atoms with Gasteiger partial charge in [-0.1, -0.05) is 5.21 Å². The van der Waals surface area contributed by atoms with Crippen LogP contribution in [0.3, 0.4) is 0 Å². The van der Waals surface area contributed by atoms with Crippen molar-refractivity contribution in [2.45, 2.75) is 0 Å². The minimum atomic E-state index is -0.127. The summed E-state index contributed by atoms with van der Waals surface area (Å²) in [6.07, 6.45) is 4.54. The maximum Gasteiger partial charge on any atom is 0.230 e. The molecule has 0 fully saturated rings. The third-order valence-electron chi connectivity index (χ3n) is 2.00. The fraction of sp³-hybridized carbons (Fsp3) is 0.250. The highest BCUT2D eigenvalue weighted by Crippen LogP contribution is 2.05. The minimum absolute atomic E-state index is 0.127. The van der Waals surface area contributed by atoms with E-state index in [0.29, 0.717) is 11.4 Å². The predicted octanol–water partition coefficient (Wildman–Crippen LogP) is -0.220. The maximum absolute atomic E-state index is 11.8. The highest BCUT2D eigenvalue weighted by molar-refractivity contribution is 6.06. The molecule has 0 aliphatic rings. The van der Waals surface area contributed by atoms with Crippen LogP contribution in [0.5, 0.6) is 0 Å². The summed E-state index contributed by atoms with van der Waals surface area (Å²) in [6, 6.07) is 0. The van der Waals surface area contributed by atoms with Crippen molar-refractivity contribution in [2.24, 2.45) is 14.1 Å². The van der Waals surface area contributed by atoms with Gasteiger partial charge < -0.3 is 4.57 Å². The normalized spacial score (nSPS) is 10.4. The second-order valence-corrected chi connectivity index (χ2v) is 2.96. The molecule has 0 N–H and O–H groups in total. The molecule has 72 valence electrons. The molecule has 0 spiro atoms. The number of carbonyl (C=O) groups excluding carboxylic acids is 1. The van der Waals surface area contributed by atoms with E-state index in [0.717, 1.165) is 0 Å². The van der Waals surface area contributed by atoms with Crippen LogP contribution in [0.25, 0.3) is 0 Å². The van der Waals surface area contributed by atoms with E-state index in [4.69, 9.17) is 0 Å². The minimum Gasteiger partial charge on any atom is -0.331 e. The van der Waals surface area contributed by atoms with Crippen molar-refractivity contribution in [3.05, 3.63) is 30.1 Å². The third kappa shape index (κ3) is 1.20. The molecule has 2 aromatic heterocycles. The average molecular weight is 191 g/mol. The lowest BCUT2D eigenvalue weighted by Gasteiger charge is -1.99. The summed E-state index contributed by atoms with van der Waals surface area (Å²) >= 11 is 0. The smallest absolute Gasteiger partial charge is 0.230 e. The van der Waals surface area contributed by atoms with Gasteiger partial charge in [0.25, 0.3) is 0 Å². The van der Waals surface area contributed by atoms with Crippen molar-refractivity contribution < 1.29 is 4.79 Å². The first-order valence-corrected chi connectivity index (χ1v) is 4.06. The number of hydrogen-bond donors (Lipinski definition) is 0. The fourth-order valence-electron chi connectivity index (χ4n) is 1.20. The summed E-state index contributed by atoms with van der Waals surface area (Å²) in [6.45, 7) is 0. The van der Waals surface area contributed by atoms with Crippen LogP contribution >= 0.6 is 0 Å². The maximum atomic E-state index is 11.8. The Morgan fingerprint density at radius 1 is 1.29 bits per heavy atom. The summed E-state index contributed by atoms with van der Waals surface area (Å²) in [7, 11) is 3.45. The molecule has 0 radical (unpaired) electrons. The standard InChI is InChI=1S/C8H9N5O/c1-12-5-9-3-6(12)8(14)7-4-10-11-13(7)2/h3-5H,1-2H3. The highest BCUT2D eigenvalue weighted by Gasteiger charge is 2.16. The largest absolute Gasteiger partial charge is 0.331 e. The molecule has 0 bridgehead atoms. The molecule has 0 aliphatic heterocycles. The number of imidazole rings is 1. The van der Waals surface area contributed by atoms with Gasteiger partial charge in [0.15, 0.2) is 0 Å². The second kappa shape index (κ2) is 3.06. The zero-order valence-electron chi connectivity index (χ0n) is 7.88.